The highest BCUT2D eigenvalue weighted by molar-refractivity contribution is 6.40. The summed E-state index contributed by atoms with van der Waals surface area (Å²) < 4.78 is 5.53. The number of para-hydroxylation sites is 1. The molecule has 0 aliphatic heterocycles. The van der Waals surface area contributed by atoms with Crippen molar-refractivity contribution in [1.29, 1.82) is 0 Å². The first kappa shape index (κ1) is 15.3. The summed E-state index contributed by atoms with van der Waals surface area (Å²) in [5.74, 6) is -0.456. The molecular weight excluding hydrogens is 345 g/mol. The lowest BCUT2D eigenvalue weighted by Gasteiger charge is -2.07. The minimum atomic E-state index is -0.583. The molecule has 0 bridgehead atoms. The van der Waals surface area contributed by atoms with E-state index in [4.69, 9.17) is 27.6 Å². The second kappa shape index (κ2) is 5.57. The SMILES string of the molecule is O=c1cc(-c2ccccc2[N+](=O)[O-])oc2c(Cl)c(O)c(Cl)cc12. The molecule has 116 valence electrons. The number of halogens is 2. The first-order chi connectivity index (χ1) is 10.9. The van der Waals surface area contributed by atoms with Gasteiger partial charge in [0.2, 0.25) is 0 Å². The van der Waals surface area contributed by atoms with Gasteiger partial charge in [-0.2, -0.15) is 0 Å². The molecule has 8 heteroatoms. The highest BCUT2D eigenvalue weighted by Crippen LogP contribution is 2.39. The molecule has 0 saturated carbocycles. The summed E-state index contributed by atoms with van der Waals surface area (Å²) in [6.45, 7) is 0. The van der Waals surface area contributed by atoms with Crippen molar-refractivity contribution in [3.63, 3.8) is 0 Å². The van der Waals surface area contributed by atoms with Crippen molar-refractivity contribution >= 4 is 39.9 Å². The molecule has 23 heavy (non-hydrogen) atoms. The van der Waals surface area contributed by atoms with Crippen LogP contribution in [0.5, 0.6) is 5.75 Å². The zero-order valence-electron chi connectivity index (χ0n) is 11.2. The van der Waals surface area contributed by atoms with Crippen LogP contribution in [0.1, 0.15) is 0 Å². The Morgan fingerprint density at radius 2 is 1.87 bits per heavy atom. The van der Waals surface area contributed by atoms with E-state index < -0.39 is 16.1 Å². The van der Waals surface area contributed by atoms with E-state index in [1.807, 2.05) is 0 Å². The van der Waals surface area contributed by atoms with Gasteiger partial charge in [-0.3, -0.25) is 14.9 Å². The van der Waals surface area contributed by atoms with Gasteiger partial charge in [-0.1, -0.05) is 35.3 Å². The molecule has 0 amide bonds. The van der Waals surface area contributed by atoms with Crippen LogP contribution >= 0.6 is 23.2 Å². The van der Waals surface area contributed by atoms with Crippen LogP contribution in [0.4, 0.5) is 5.69 Å². The number of phenolic OH excluding ortho intramolecular Hbond substituents is 1. The molecule has 1 aromatic heterocycles. The molecule has 1 N–H and O–H groups in total. The van der Waals surface area contributed by atoms with Gasteiger partial charge in [0.25, 0.3) is 5.69 Å². The fraction of sp³-hybridized carbons (Fsp3) is 0. The number of nitrogens with zero attached hydrogens (tertiary/aromatic N) is 1. The molecule has 0 aliphatic rings. The van der Waals surface area contributed by atoms with Gasteiger partial charge in [0, 0.05) is 12.1 Å². The van der Waals surface area contributed by atoms with Gasteiger partial charge >= 0.3 is 0 Å². The second-order valence-electron chi connectivity index (χ2n) is 4.65. The molecule has 0 fully saturated rings. The van der Waals surface area contributed by atoms with Crippen LogP contribution < -0.4 is 5.43 Å². The third-order valence-electron chi connectivity index (χ3n) is 3.26. The summed E-state index contributed by atoms with van der Waals surface area (Å²) in [7, 11) is 0. The Morgan fingerprint density at radius 3 is 2.57 bits per heavy atom. The molecule has 0 unspecified atom stereocenters. The molecule has 0 atom stereocenters. The summed E-state index contributed by atoms with van der Waals surface area (Å²) in [6.07, 6.45) is 0. The Labute approximate surface area is 138 Å². The van der Waals surface area contributed by atoms with Crippen LogP contribution in [0.25, 0.3) is 22.3 Å². The van der Waals surface area contributed by atoms with Crippen molar-refractivity contribution in [2.45, 2.75) is 0 Å². The third-order valence-corrected chi connectivity index (χ3v) is 3.89. The number of hydrogen-bond donors (Lipinski definition) is 1. The van der Waals surface area contributed by atoms with Crippen molar-refractivity contribution in [3.05, 3.63) is 66.8 Å². The van der Waals surface area contributed by atoms with Crippen molar-refractivity contribution in [2.75, 3.05) is 0 Å². The third kappa shape index (κ3) is 2.52. The molecule has 0 spiro atoms. The van der Waals surface area contributed by atoms with E-state index in [1.54, 1.807) is 6.07 Å². The fourth-order valence-corrected chi connectivity index (χ4v) is 2.68. The van der Waals surface area contributed by atoms with Crippen molar-refractivity contribution in [3.8, 4) is 17.1 Å². The number of hydrogen-bond acceptors (Lipinski definition) is 5. The van der Waals surface area contributed by atoms with Crippen molar-refractivity contribution in [1.82, 2.24) is 0 Å². The normalized spacial score (nSPS) is 10.9. The number of phenols is 1. The Balaban J connectivity index is 2.38. The van der Waals surface area contributed by atoms with E-state index in [1.165, 1.54) is 24.3 Å². The van der Waals surface area contributed by atoms with Gasteiger partial charge in [0.1, 0.15) is 10.8 Å². The number of aromatic hydroxyl groups is 1. The van der Waals surface area contributed by atoms with Crippen LogP contribution in [-0.2, 0) is 0 Å². The molecular formula is C15H7Cl2NO5. The lowest BCUT2D eigenvalue weighted by molar-refractivity contribution is -0.384. The number of nitro groups is 1. The van der Waals surface area contributed by atoms with Crippen LogP contribution in [0, 0.1) is 10.1 Å². The Bertz CT molecular complexity index is 1010. The van der Waals surface area contributed by atoms with Crippen molar-refractivity contribution < 1.29 is 14.4 Å². The van der Waals surface area contributed by atoms with E-state index in [9.17, 15) is 20.0 Å². The quantitative estimate of drug-likeness (QED) is 0.546. The number of rotatable bonds is 2. The van der Waals surface area contributed by atoms with E-state index >= 15 is 0 Å². The van der Waals surface area contributed by atoms with Gasteiger partial charge in [-0.25, -0.2) is 0 Å². The Morgan fingerprint density at radius 1 is 1.17 bits per heavy atom. The topological polar surface area (TPSA) is 93.6 Å². The summed E-state index contributed by atoms with van der Waals surface area (Å²) in [4.78, 5) is 22.8. The molecule has 3 aromatic rings. The lowest BCUT2D eigenvalue weighted by Crippen LogP contribution is -2.02. The average molecular weight is 352 g/mol. The number of nitro benzene ring substituents is 1. The maximum Gasteiger partial charge on any atom is 0.280 e. The highest BCUT2D eigenvalue weighted by Gasteiger charge is 2.20. The fourth-order valence-electron chi connectivity index (χ4n) is 2.18. The van der Waals surface area contributed by atoms with Gasteiger partial charge in [0.15, 0.2) is 16.8 Å². The predicted octanol–water partition coefficient (Wildman–Crippen LogP) is 4.38. The standard InChI is InChI=1S/C15H7Cl2NO5/c16-9-5-8-11(19)6-12(23-15(8)13(17)14(9)20)7-3-1-2-4-10(7)18(21)22/h1-6,20H. The monoisotopic (exact) mass is 351 g/mol. The van der Waals surface area contributed by atoms with E-state index in [0.717, 1.165) is 6.07 Å². The van der Waals surface area contributed by atoms with Gasteiger partial charge in [-0.05, 0) is 12.1 Å². The first-order valence-corrected chi connectivity index (χ1v) is 7.04. The minimum Gasteiger partial charge on any atom is -0.505 e. The summed E-state index contributed by atoms with van der Waals surface area (Å²) in [6, 6.07) is 8.17. The summed E-state index contributed by atoms with van der Waals surface area (Å²) in [5, 5.41) is 20.6. The van der Waals surface area contributed by atoms with E-state index in [-0.39, 0.29) is 38.0 Å². The summed E-state index contributed by atoms with van der Waals surface area (Å²) >= 11 is 11.7. The van der Waals surface area contributed by atoms with Gasteiger partial charge < -0.3 is 9.52 Å². The number of fused-ring (bicyclic) bond motifs is 1. The molecule has 6 nitrogen and oxygen atoms in total. The maximum absolute atomic E-state index is 12.2. The largest absolute Gasteiger partial charge is 0.505 e. The molecule has 0 aliphatic carbocycles. The van der Waals surface area contributed by atoms with Crippen LogP contribution in [0.2, 0.25) is 10.0 Å². The zero-order valence-corrected chi connectivity index (χ0v) is 12.8. The summed E-state index contributed by atoms with van der Waals surface area (Å²) in [5.41, 5.74) is -0.663. The van der Waals surface area contributed by atoms with Crippen molar-refractivity contribution in [2.24, 2.45) is 0 Å². The predicted molar refractivity (Wildman–Crippen MR) is 86.3 cm³/mol. The lowest BCUT2D eigenvalue weighted by atomic mass is 10.1. The highest BCUT2D eigenvalue weighted by atomic mass is 35.5. The smallest absolute Gasteiger partial charge is 0.280 e. The molecule has 0 radical (unpaired) electrons. The molecule has 3 rings (SSSR count). The van der Waals surface area contributed by atoms with Crippen LogP contribution in [0.3, 0.4) is 0 Å². The number of benzene rings is 2. The minimum absolute atomic E-state index is 0.0292. The molecule has 1 heterocycles. The van der Waals surface area contributed by atoms with Crippen LogP contribution in [-0.4, -0.2) is 10.0 Å². The average Bonchev–Trinajstić information content (AvgIpc) is 2.53. The van der Waals surface area contributed by atoms with Crippen LogP contribution in [0.15, 0.2) is 45.6 Å². The van der Waals surface area contributed by atoms with Gasteiger partial charge in [-0.15, -0.1) is 0 Å². The second-order valence-corrected chi connectivity index (χ2v) is 5.43. The molecule has 0 saturated heterocycles. The first-order valence-electron chi connectivity index (χ1n) is 6.28. The zero-order chi connectivity index (χ0) is 16.7. The Kier molecular flexibility index (Phi) is 3.71. The van der Waals surface area contributed by atoms with E-state index in [2.05, 4.69) is 0 Å². The van der Waals surface area contributed by atoms with E-state index in [0.29, 0.717) is 0 Å². The van der Waals surface area contributed by atoms with Gasteiger partial charge in [0.05, 0.1) is 20.9 Å². The molecule has 2 aromatic carbocycles. The maximum atomic E-state index is 12.2. The Hall–Kier alpha value is -2.57.